The van der Waals surface area contributed by atoms with E-state index in [4.69, 9.17) is 0 Å². The molecule has 3 rings (SSSR count). The van der Waals surface area contributed by atoms with Crippen LogP contribution in [-0.4, -0.2) is 38.8 Å². The molecule has 1 aromatic carbocycles. The average molecular weight is 437 g/mol. The lowest BCUT2D eigenvalue weighted by Crippen LogP contribution is -2.30. The Balaban J connectivity index is 1.63. The van der Waals surface area contributed by atoms with Gasteiger partial charge < -0.3 is 10.2 Å². The number of nitrogens with zero attached hydrogens (tertiary/aromatic N) is 4. The molecule has 30 heavy (non-hydrogen) atoms. The molecule has 0 saturated heterocycles. The van der Waals surface area contributed by atoms with Gasteiger partial charge in [-0.3, -0.25) is 9.20 Å². The van der Waals surface area contributed by atoms with Crippen LogP contribution in [0.4, 0.5) is 24.5 Å². The maximum atomic E-state index is 12.9. The summed E-state index contributed by atoms with van der Waals surface area (Å²) in [5.74, 6) is -0.293. The summed E-state index contributed by atoms with van der Waals surface area (Å²) in [7, 11) is 0. The van der Waals surface area contributed by atoms with Gasteiger partial charge in [-0.05, 0) is 57.2 Å². The molecule has 10 heteroatoms. The lowest BCUT2D eigenvalue weighted by atomic mass is 10.2. The van der Waals surface area contributed by atoms with Crippen LogP contribution < -0.4 is 10.2 Å². The molecule has 2 aromatic heterocycles. The molecule has 0 aliphatic rings. The highest BCUT2D eigenvalue weighted by Crippen LogP contribution is 2.30. The number of aromatic nitrogens is 3. The van der Waals surface area contributed by atoms with Crippen LogP contribution in [0.15, 0.2) is 47.8 Å². The number of carbonyl (C=O) groups excluding carboxylic acids is 1. The smallest absolute Gasteiger partial charge is 0.369 e. The van der Waals surface area contributed by atoms with Crippen molar-refractivity contribution in [2.24, 2.45) is 0 Å². The fraction of sp³-hybridized carbons (Fsp3) is 0.350. The Kier molecular flexibility index (Phi) is 6.55. The van der Waals surface area contributed by atoms with E-state index in [-0.39, 0.29) is 22.5 Å². The number of fused-ring (bicyclic) bond motifs is 1. The number of rotatable bonds is 7. The summed E-state index contributed by atoms with van der Waals surface area (Å²) < 4.78 is 40.0. The van der Waals surface area contributed by atoms with E-state index < -0.39 is 11.7 Å². The third kappa shape index (κ3) is 5.05. The summed E-state index contributed by atoms with van der Waals surface area (Å²) in [6.45, 7) is 7.19. The lowest BCUT2D eigenvalue weighted by Gasteiger charge is -2.27. The van der Waals surface area contributed by atoms with Crippen molar-refractivity contribution in [2.75, 3.05) is 22.5 Å². The first-order valence-electron chi connectivity index (χ1n) is 9.40. The van der Waals surface area contributed by atoms with E-state index in [0.29, 0.717) is 11.7 Å². The number of alkyl halides is 3. The van der Waals surface area contributed by atoms with Crippen LogP contribution in [0.2, 0.25) is 0 Å². The van der Waals surface area contributed by atoms with E-state index in [1.54, 1.807) is 0 Å². The van der Waals surface area contributed by atoms with Crippen LogP contribution in [0.3, 0.4) is 0 Å². The summed E-state index contributed by atoms with van der Waals surface area (Å²) in [5, 5.41) is 10.7. The molecular weight excluding hydrogens is 415 g/mol. The number of halogens is 3. The van der Waals surface area contributed by atoms with Crippen LogP contribution >= 0.6 is 11.8 Å². The Morgan fingerprint density at radius 3 is 2.47 bits per heavy atom. The first kappa shape index (κ1) is 21.9. The zero-order valence-corrected chi connectivity index (χ0v) is 17.6. The molecule has 0 saturated carbocycles. The molecule has 0 fully saturated rings. The molecule has 1 N–H and O–H groups in total. The molecule has 0 aliphatic heterocycles. The molecule has 0 atom stereocenters. The zero-order chi connectivity index (χ0) is 21.9. The maximum Gasteiger partial charge on any atom is 0.417 e. The quantitative estimate of drug-likeness (QED) is 0.542. The number of hydrogen-bond acceptors (Lipinski definition) is 5. The van der Waals surface area contributed by atoms with Crippen molar-refractivity contribution in [1.82, 2.24) is 14.6 Å². The highest BCUT2D eigenvalue weighted by atomic mass is 32.2. The minimum Gasteiger partial charge on any atom is -0.369 e. The Bertz CT molecular complexity index is 1020. The number of amides is 1. The highest BCUT2D eigenvalue weighted by Gasteiger charge is 2.31. The molecule has 0 radical (unpaired) electrons. The van der Waals surface area contributed by atoms with Gasteiger partial charge in [-0.2, -0.15) is 13.2 Å². The molecule has 0 spiro atoms. The van der Waals surface area contributed by atoms with Crippen molar-refractivity contribution in [3.63, 3.8) is 0 Å². The fourth-order valence-corrected chi connectivity index (χ4v) is 3.76. The van der Waals surface area contributed by atoms with Gasteiger partial charge in [0.15, 0.2) is 10.8 Å². The predicted octanol–water partition coefficient (Wildman–Crippen LogP) is 4.71. The summed E-state index contributed by atoms with van der Waals surface area (Å²) >= 11 is 1.02. The predicted molar refractivity (Wildman–Crippen MR) is 112 cm³/mol. The highest BCUT2D eigenvalue weighted by molar-refractivity contribution is 7.99. The molecule has 6 nitrogen and oxygen atoms in total. The van der Waals surface area contributed by atoms with Gasteiger partial charge in [-0.15, -0.1) is 10.2 Å². The summed E-state index contributed by atoms with van der Waals surface area (Å²) in [6.07, 6.45) is -3.53. The van der Waals surface area contributed by atoms with Crippen molar-refractivity contribution in [1.29, 1.82) is 0 Å². The second-order valence-electron chi connectivity index (χ2n) is 6.89. The monoisotopic (exact) mass is 437 g/mol. The molecule has 2 heterocycles. The molecule has 0 bridgehead atoms. The van der Waals surface area contributed by atoms with Crippen LogP contribution in [-0.2, 0) is 11.0 Å². The second kappa shape index (κ2) is 8.95. The van der Waals surface area contributed by atoms with E-state index in [9.17, 15) is 18.0 Å². The van der Waals surface area contributed by atoms with Gasteiger partial charge in [0.25, 0.3) is 0 Å². The first-order chi connectivity index (χ1) is 14.2. The minimum atomic E-state index is -4.47. The number of nitrogens with one attached hydrogen (secondary N) is 1. The SMILES string of the molecule is CCN(c1ccc(NC(=O)CSc2nnc3ccc(C(F)(F)F)cn23)cc1)C(C)C. The summed E-state index contributed by atoms with van der Waals surface area (Å²) in [5.41, 5.74) is 1.20. The standard InChI is InChI=1S/C20H22F3N5OS/c1-4-27(13(2)3)16-8-6-15(7-9-16)24-18(29)12-30-19-26-25-17-10-5-14(11-28(17)19)20(21,22)23/h5-11,13H,4,12H2,1-3H3,(H,24,29). The zero-order valence-electron chi connectivity index (χ0n) is 16.8. The van der Waals surface area contributed by atoms with Crippen molar-refractivity contribution < 1.29 is 18.0 Å². The van der Waals surface area contributed by atoms with E-state index in [0.717, 1.165) is 36.3 Å². The van der Waals surface area contributed by atoms with Gasteiger partial charge in [0.2, 0.25) is 5.91 Å². The fourth-order valence-electron chi connectivity index (χ4n) is 3.05. The van der Waals surface area contributed by atoms with Crippen molar-refractivity contribution in [2.45, 2.75) is 38.1 Å². The third-order valence-electron chi connectivity index (χ3n) is 4.48. The average Bonchev–Trinajstić information content (AvgIpc) is 3.09. The van der Waals surface area contributed by atoms with Crippen LogP contribution in [0.1, 0.15) is 26.3 Å². The molecule has 0 unspecified atom stereocenters. The van der Waals surface area contributed by atoms with E-state index >= 15 is 0 Å². The van der Waals surface area contributed by atoms with Gasteiger partial charge >= 0.3 is 6.18 Å². The van der Waals surface area contributed by atoms with Crippen molar-refractivity contribution >= 4 is 34.7 Å². The topological polar surface area (TPSA) is 62.5 Å². The maximum absolute atomic E-state index is 12.9. The largest absolute Gasteiger partial charge is 0.417 e. The van der Waals surface area contributed by atoms with Crippen LogP contribution in [0, 0.1) is 0 Å². The lowest BCUT2D eigenvalue weighted by molar-refractivity contribution is -0.137. The van der Waals surface area contributed by atoms with Crippen molar-refractivity contribution in [3.8, 4) is 0 Å². The Labute approximate surface area is 176 Å². The first-order valence-corrected chi connectivity index (χ1v) is 10.4. The summed E-state index contributed by atoms with van der Waals surface area (Å²) in [4.78, 5) is 14.5. The normalized spacial score (nSPS) is 11.8. The molecule has 3 aromatic rings. The number of carbonyl (C=O) groups is 1. The van der Waals surface area contributed by atoms with E-state index in [1.165, 1.54) is 10.5 Å². The Morgan fingerprint density at radius 2 is 1.87 bits per heavy atom. The van der Waals surface area contributed by atoms with Gasteiger partial charge in [0.1, 0.15) is 0 Å². The Hall–Kier alpha value is -2.75. The molecule has 0 aliphatic carbocycles. The van der Waals surface area contributed by atoms with Gasteiger partial charge in [-0.25, -0.2) is 0 Å². The summed E-state index contributed by atoms with van der Waals surface area (Å²) in [6, 6.07) is 10.1. The number of hydrogen-bond donors (Lipinski definition) is 1. The number of anilines is 2. The van der Waals surface area contributed by atoms with Gasteiger partial charge in [0, 0.05) is 30.2 Å². The van der Waals surface area contributed by atoms with Crippen LogP contribution in [0.5, 0.6) is 0 Å². The van der Waals surface area contributed by atoms with Crippen molar-refractivity contribution in [3.05, 3.63) is 48.2 Å². The molecule has 160 valence electrons. The molecule has 1 amide bonds. The van der Waals surface area contributed by atoms with E-state index in [1.807, 2.05) is 24.3 Å². The number of benzene rings is 1. The van der Waals surface area contributed by atoms with E-state index in [2.05, 4.69) is 41.2 Å². The third-order valence-corrected chi connectivity index (χ3v) is 5.42. The Morgan fingerprint density at radius 1 is 1.17 bits per heavy atom. The van der Waals surface area contributed by atoms with Gasteiger partial charge in [-0.1, -0.05) is 11.8 Å². The number of pyridine rings is 1. The van der Waals surface area contributed by atoms with Gasteiger partial charge in [0.05, 0.1) is 11.3 Å². The molecular formula is C20H22F3N5OS. The number of thioether (sulfide) groups is 1. The second-order valence-corrected chi connectivity index (χ2v) is 7.83. The van der Waals surface area contributed by atoms with Crippen LogP contribution in [0.25, 0.3) is 5.65 Å². The minimum absolute atomic E-state index is 0.00807.